The molecule has 9 heteroatoms. The van der Waals surface area contributed by atoms with Gasteiger partial charge in [0.2, 0.25) is 16.0 Å². The molecule has 0 spiro atoms. The van der Waals surface area contributed by atoms with Crippen molar-refractivity contribution in [2.45, 2.75) is 38.0 Å². The first-order chi connectivity index (χ1) is 15.0. The van der Waals surface area contributed by atoms with E-state index < -0.39 is 10.0 Å². The number of aryl methyl sites for hydroxylation is 1. The Morgan fingerprint density at radius 2 is 1.71 bits per heavy atom. The number of ether oxygens (including phenoxy) is 1. The van der Waals surface area contributed by atoms with E-state index in [2.05, 4.69) is 14.8 Å². The maximum atomic E-state index is 13.1. The standard InChI is InChI=1S/C22H31N5O3S/c1-3-30-20-8-7-19(17-18(20)2)31(28,29)27-15-13-25(14-16-27)21-9-10-23-22(24-21)26-11-5-4-6-12-26/h7-10,17H,3-6,11-16H2,1-2H3. The highest BCUT2D eigenvalue weighted by Gasteiger charge is 2.29. The van der Waals surface area contributed by atoms with Crippen molar-refractivity contribution in [1.29, 1.82) is 0 Å². The Labute approximate surface area is 184 Å². The van der Waals surface area contributed by atoms with Crippen LogP contribution in [0.4, 0.5) is 11.8 Å². The van der Waals surface area contributed by atoms with Gasteiger partial charge in [0.05, 0.1) is 11.5 Å². The molecule has 168 valence electrons. The number of rotatable bonds is 6. The van der Waals surface area contributed by atoms with E-state index in [0.717, 1.165) is 36.2 Å². The number of nitrogens with zero attached hydrogens (tertiary/aromatic N) is 5. The molecule has 0 N–H and O–H groups in total. The number of benzene rings is 1. The molecular weight excluding hydrogens is 414 g/mol. The molecule has 1 aromatic heterocycles. The third-order valence-electron chi connectivity index (χ3n) is 5.91. The van der Waals surface area contributed by atoms with Gasteiger partial charge in [0.15, 0.2) is 0 Å². The summed E-state index contributed by atoms with van der Waals surface area (Å²) in [6.07, 6.45) is 5.42. The van der Waals surface area contributed by atoms with Crippen LogP contribution in [-0.4, -0.2) is 68.6 Å². The molecule has 2 aromatic rings. The number of hydrogen-bond donors (Lipinski definition) is 0. The minimum Gasteiger partial charge on any atom is -0.494 e. The van der Waals surface area contributed by atoms with Crippen LogP contribution in [0.15, 0.2) is 35.4 Å². The van der Waals surface area contributed by atoms with E-state index in [1.165, 1.54) is 19.3 Å². The molecule has 4 rings (SSSR count). The minimum atomic E-state index is -3.54. The molecule has 2 fully saturated rings. The van der Waals surface area contributed by atoms with E-state index in [1.54, 1.807) is 28.7 Å². The van der Waals surface area contributed by atoms with Crippen LogP contribution in [0.3, 0.4) is 0 Å². The van der Waals surface area contributed by atoms with Crippen molar-refractivity contribution in [2.75, 3.05) is 55.7 Å². The minimum absolute atomic E-state index is 0.316. The molecular formula is C22H31N5O3S. The molecule has 0 unspecified atom stereocenters. The molecule has 0 radical (unpaired) electrons. The average Bonchev–Trinajstić information content (AvgIpc) is 2.81. The van der Waals surface area contributed by atoms with Gasteiger partial charge in [-0.25, -0.2) is 13.4 Å². The van der Waals surface area contributed by atoms with Gasteiger partial charge >= 0.3 is 0 Å². The van der Waals surface area contributed by atoms with Crippen LogP contribution < -0.4 is 14.5 Å². The van der Waals surface area contributed by atoms with Crippen molar-refractivity contribution >= 4 is 21.8 Å². The van der Waals surface area contributed by atoms with Gasteiger partial charge in [-0.05, 0) is 62.9 Å². The van der Waals surface area contributed by atoms with Gasteiger partial charge in [-0.3, -0.25) is 0 Å². The van der Waals surface area contributed by atoms with E-state index in [1.807, 2.05) is 19.9 Å². The third kappa shape index (κ3) is 4.77. The maximum Gasteiger partial charge on any atom is 0.243 e. The lowest BCUT2D eigenvalue weighted by Crippen LogP contribution is -2.49. The summed E-state index contributed by atoms with van der Waals surface area (Å²) in [6.45, 7) is 8.39. The summed E-state index contributed by atoms with van der Waals surface area (Å²) in [5, 5.41) is 0. The summed E-state index contributed by atoms with van der Waals surface area (Å²) in [4.78, 5) is 13.9. The highest BCUT2D eigenvalue weighted by Crippen LogP contribution is 2.26. The zero-order valence-corrected chi connectivity index (χ0v) is 19.1. The quantitative estimate of drug-likeness (QED) is 0.676. The Hall–Kier alpha value is -2.39. The van der Waals surface area contributed by atoms with Gasteiger partial charge in [0.25, 0.3) is 0 Å². The fourth-order valence-electron chi connectivity index (χ4n) is 4.17. The average molecular weight is 446 g/mol. The van der Waals surface area contributed by atoms with Crippen LogP contribution in [0.5, 0.6) is 5.75 Å². The summed E-state index contributed by atoms with van der Waals surface area (Å²) in [7, 11) is -3.54. The van der Waals surface area contributed by atoms with Gasteiger partial charge in [0.1, 0.15) is 11.6 Å². The molecule has 3 heterocycles. The monoisotopic (exact) mass is 445 g/mol. The highest BCUT2D eigenvalue weighted by molar-refractivity contribution is 7.89. The molecule has 0 saturated carbocycles. The van der Waals surface area contributed by atoms with E-state index in [9.17, 15) is 8.42 Å². The Bertz CT molecular complexity index is 1000. The van der Waals surface area contributed by atoms with Crippen LogP contribution in [0.2, 0.25) is 0 Å². The van der Waals surface area contributed by atoms with Gasteiger partial charge in [-0.15, -0.1) is 0 Å². The lowest BCUT2D eigenvalue weighted by molar-refractivity contribution is 0.337. The summed E-state index contributed by atoms with van der Waals surface area (Å²) >= 11 is 0. The Balaban J connectivity index is 1.43. The SMILES string of the molecule is CCOc1ccc(S(=O)(=O)N2CCN(c3ccnc(N4CCCCC4)n3)CC2)cc1C. The number of anilines is 2. The van der Waals surface area contributed by atoms with Crippen LogP contribution >= 0.6 is 0 Å². The maximum absolute atomic E-state index is 13.1. The topological polar surface area (TPSA) is 78.9 Å². The van der Waals surface area contributed by atoms with Crippen LogP contribution in [0.25, 0.3) is 0 Å². The smallest absolute Gasteiger partial charge is 0.243 e. The van der Waals surface area contributed by atoms with Crippen LogP contribution in [-0.2, 0) is 10.0 Å². The number of aromatic nitrogens is 2. The number of piperidine rings is 1. The summed E-state index contributed by atoms with van der Waals surface area (Å²) < 4.78 is 33.4. The lowest BCUT2D eigenvalue weighted by Gasteiger charge is -2.35. The number of sulfonamides is 1. The number of hydrogen-bond acceptors (Lipinski definition) is 7. The van der Waals surface area contributed by atoms with Crippen molar-refractivity contribution in [2.24, 2.45) is 0 Å². The van der Waals surface area contributed by atoms with Crippen LogP contribution in [0, 0.1) is 6.92 Å². The van der Waals surface area contributed by atoms with Crippen molar-refractivity contribution in [3.63, 3.8) is 0 Å². The van der Waals surface area contributed by atoms with E-state index in [-0.39, 0.29) is 0 Å². The van der Waals surface area contributed by atoms with Crippen molar-refractivity contribution in [1.82, 2.24) is 14.3 Å². The molecule has 8 nitrogen and oxygen atoms in total. The molecule has 0 amide bonds. The lowest BCUT2D eigenvalue weighted by atomic mass is 10.1. The normalized spacial score (nSPS) is 18.3. The van der Waals surface area contributed by atoms with E-state index in [4.69, 9.17) is 9.72 Å². The fourth-order valence-corrected chi connectivity index (χ4v) is 5.68. The molecule has 0 bridgehead atoms. The largest absolute Gasteiger partial charge is 0.494 e. The molecule has 2 saturated heterocycles. The predicted molar refractivity (Wildman–Crippen MR) is 121 cm³/mol. The van der Waals surface area contributed by atoms with E-state index >= 15 is 0 Å². The Morgan fingerprint density at radius 1 is 0.968 bits per heavy atom. The molecule has 2 aliphatic heterocycles. The molecule has 31 heavy (non-hydrogen) atoms. The van der Waals surface area contributed by atoms with Crippen molar-refractivity contribution in [3.05, 3.63) is 36.0 Å². The zero-order valence-electron chi connectivity index (χ0n) is 18.3. The molecule has 0 atom stereocenters. The second-order valence-corrected chi connectivity index (χ2v) is 9.95. The third-order valence-corrected chi connectivity index (χ3v) is 7.81. The van der Waals surface area contributed by atoms with Crippen molar-refractivity contribution < 1.29 is 13.2 Å². The van der Waals surface area contributed by atoms with E-state index in [0.29, 0.717) is 37.7 Å². The fraction of sp³-hybridized carbons (Fsp3) is 0.545. The summed E-state index contributed by atoms with van der Waals surface area (Å²) in [6, 6.07) is 6.98. The highest BCUT2D eigenvalue weighted by atomic mass is 32.2. The number of piperazine rings is 1. The zero-order chi connectivity index (χ0) is 21.8. The second kappa shape index (κ2) is 9.40. The molecule has 0 aliphatic carbocycles. The molecule has 2 aliphatic rings. The Kier molecular flexibility index (Phi) is 6.62. The Morgan fingerprint density at radius 3 is 2.39 bits per heavy atom. The van der Waals surface area contributed by atoms with Crippen LogP contribution in [0.1, 0.15) is 31.7 Å². The summed E-state index contributed by atoms with van der Waals surface area (Å²) in [5.41, 5.74) is 0.827. The first-order valence-electron chi connectivity index (χ1n) is 11.1. The first kappa shape index (κ1) is 21.8. The summed E-state index contributed by atoms with van der Waals surface area (Å²) in [5.74, 6) is 2.36. The van der Waals surface area contributed by atoms with Gasteiger partial charge in [0, 0.05) is 45.5 Å². The second-order valence-electron chi connectivity index (χ2n) is 8.01. The predicted octanol–water partition coefficient (Wildman–Crippen LogP) is 2.68. The van der Waals surface area contributed by atoms with Gasteiger partial charge in [-0.2, -0.15) is 9.29 Å². The molecule has 1 aromatic carbocycles. The first-order valence-corrected chi connectivity index (χ1v) is 12.5. The van der Waals surface area contributed by atoms with Gasteiger partial charge < -0.3 is 14.5 Å². The van der Waals surface area contributed by atoms with Crippen molar-refractivity contribution in [3.8, 4) is 5.75 Å². The van der Waals surface area contributed by atoms with Gasteiger partial charge in [-0.1, -0.05) is 0 Å².